The molecule has 20 heavy (non-hydrogen) atoms. The Morgan fingerprint density at radius 3 is 2.65 bits per heavy atom. The predicted octanol–water partition coefficient (Wildman–Crippen LogP) is 4.05. The number of aryl methyl sites for hydroxylation is 1. The van der Waals surface area contributed by atoms with Crippen LogP contribution in [0.3, 0.4) is 0 Å². The summed E-state index contributed by atoms with van der Waals surface area (Å²) in [7, 11) is 1.66. The molecule has 0 radical (unpaired) electrons. The van der Waals surface area contributed by atoms with Crippen LogP contribution < -0.4 is 10.1 Å². The van der Waals surface area contributed by atoms with Crippen molar-refractivity contribution >= 4 is 5.69 Å². The number of benzene rings is 2. The molecule has 0 heterocycles. The third-order valence-corrected chi connectivity index (χ3v) is 3.32. The molecule has 2 rings (SSSR count). The third-order valence-electron chi connectivity index (χ3n) is 3.32. The fourth-order valence-corrected chi connectivity index (χ4v) is 2.12. The normalized spacial score (nSPS) is 11.5. The highest BCUT2D eigenvalue weighted by molar-refractivity contribution is 5.55. The Balaban J connectivity index is 2.19. The molecule has 0 aliphatic heterocycles. The number of ether oxygens (including phenoxy) is 1. The molecule has 3 heteroatoms. The van der Waals surface area contributed by atoms with Crippen molar-refractivity contribution in [3.63, 3.8) is 0 Å². The summed E-state index contributed by atoms with van der Waals surface area (Å²) in [6.07, 6.45) is 0. The van der Waals surface area contributed by atoms with Crippen molar-refractivity contribution < 1.29 is 4.74 Å². The van der Waals surface area contributed by atoms with E-state index in [1.54, 1.807) is 7.11 Å². The van der Waals surface area contributed by atoms with Gasteiger partial charge in [0, 0.05) is 11.7 Å². The van der Waals surface area contributed by atoms with E-state index in [1.807, 2.05) is 49.4 Å². The Bertz CT molecular complexity index is 644. The van der Waals surface area contributed by atoms with Crippen molar-refractivity contribution in [3.05, 3.63) is 59.2 Å². The van der Waals surface area contributed by atoms with E-state index in [0.717, 1.165) is 22.6 Å². The number of anilines is 1. The highest BCUT2D eigenvalue weighted by atomic mass is 16.5. The molecule has 2 aromatic carbocycles. The zero-order valence-electron chi connectivity index (χ0n) is 12.0. The smallest absolute Gasteiger partial charge is 0.119 e. The SMILES string of the molecule is COc1ccc(NC(C)c2cccc(C#N)c2)c(C)c1. The van der Waals surface area contributed by atoms with Gasteiger partial charge in [-0.2, -0.15) is 5.26 Å². The summed E-state index contributed by atoms with van der Waals surface area (Å²) in [6, 6.07) is 15.9. The molecule has 0 aliphatic carbocycles. The fraction of sp³-hybridized carbons (Fsp3) is 0.235. The zero-order chi connectivity index (χ0) is 14.5. The van der Waals surface area contributed by atoms with Crippen molar-refractivity contribution in [1.29, 1.82) is 5.26 Å². The van der Waals surface area contributed by atoms with Gasteiger partial charge in [-0.15, -0.1) is 0 Å². The lowest BCUT2D eigenvalue weighted by Gasteiger charge is -2.18. The van der Waals surface area contributed by atoms with Crippen LogP contribution in [0.4, 0.5) is 5.69 Å². The molecule has 0 spiro atoms. The van der Waals surface area contributed by atoms with Crippen LogP contribution >= 0.6 is 0 Å². The summed E-state index contributed by atoms with van der Waals surface area (Å²) >= 11 is 0. The molecule has 1 atom stereocenters. The van der Waals surface area contributed by atoms with Crippen LogP contribution in [0, 0.1) is 18.3 Å². The molecule has 0 saturated carbocycles. The summed E-state index contributed by atoms with van der Waals surface area (Å²) in [5, 5.41) is 12.4. The fourth-order valence-electron chi connectivity index (χ4n) is 2.12. The summed E-state index contributed by atoms with van der Waals surface area (Å²) in [6.45, 7) is 4.13. The van der Waals surface area contributed by atoms with Gasteiger partial charge in [0.05, 0.1) is 18.7 Å². The van der Waals surface area contributed by atoms with Crippen molar-refractivity contribution in [1.82, 2.24) is 0 Å². The topological polar surface area (TPSA) is 45.0 Å². The zero-order valence-corrected chi connectivity index (χ0v) is 12.0. The molecule has 1 unspecified atom stereocenters. The Kier molecular flexibility index (Phi) is 4.27. The van der Waals surface area contributed by atoms with Gasteiger partial charge in [0.15, 0.2) is 0 Å². The van der Waals surface area contributed by atoms with Crippen molar-refractivity contribution in [2.24, 2.45) is 0 Å². The van der Waals surface area contributed by atoms with Crippen LogP contribution in [0.25, 0.3) is 0 Å². The molecular weight excluding hydrogens is 248 g/mol. The van der Waals surface area contributed by atoms with Gasteiger partial charge in [-0.3, -0.25) is 0 Å². The first-order valence-corrected chi connectivity index (χ1v) is 6.55. The Labute approximate surface area is 119 Å². The van der Waals surface area contributed by atoms with E-state index in [1.165, 1.54) is 0 Å². The average molecular weight is 266 g/mol. The number of rotatable bonds is 4. The maximum Gasteiger partial charge on any atom is 0.119 e. The summed E-state index contributed by atoms with van der Waals surface area (Å²) in [5.74, 6) is 0.854. The third kappa shape index (κ3) is 3.10. The molecule has 0 saturated heterocycles. The van der Waals surface area contributed by atoms with Gasteiger partial charge >= 0.3 is 0 Å². The second kappa shape index (κ2) is 6.12. The van der Waals surface area contributed by atoms with Crippen LogP contribution in [-0.2, 0) is 0 Å². The van der Waals surface area contributed by atoms with Gasteiger partial charge < -0.3 is 10.1 Å². The summed E-state index contributed by atoms with van der Waals surface area (Å²) < 4.78 is 5.21. The molecule has 0 bridgehead atoms. The molecule has 1 N–H and O–H groups in total. The Hall–Kier alpha value is -2.47. The Morgan fingerprint density at radius 1 is 1.20 bits per heavy atom. The van der Waals surface area contributed by atoms with E-state index in [9.17, 15) is 0 Å². The van der Waals surface area contributed by atoms with Crippen molar-refractivity contribution in [2.45, 2.75) is 19.9 Å². The van der Waals surface area contributed by atoms with Crippen LogP contribution in [0.15, 0.2) is 42.5 Å². The number of nitrogens with zero attached hydrogens (tertiary/aromatic N) is 1. The minimum absolute atomic E-state index is 0.135. The standard InChI is InChI=1S/C17H18N2O/c1-12-9-16(20-3)7-8-17(12)19-13(2)15-6-4-5-14(10-15)11-18/h4-10,13,19H,1-3H3. The van der Waals surface area contributed by atoms with Gasteiger partial charge in [-0.1, -0.05) is 12.1 Å². The van der Waals surface area contributed by atoms with Crippen LogP contribution in [0.2, 0.25) is 0 Å². The first-order chi connectivity index (χ1) is 9.63. The molecule has 0 aromatic heterocycles. The van der Waals surface area contributed by atoms with E-state index >= 15 is 0 Å². The van der Waals surface area contributed by atoms with Gasteiger partial charge in [0.25, 0.3) is 0 Å². The highest BCUT2D eigenvalue weighted by Gasteiger charge is 2.08. The van der Waals surface area contributed by atoms with Gasteiger partial charge in [0.1, 0.15) is 5.75 Å². The largest absolute Gasteiger partial charge is 0.497 e. The highest BCUT2D eigenvalue weighted by Crippen LogP contribution is 2.25. The van der Waals surface area contributed by atoms with Crippen molar-refractivity contribution in [3.8, 4) is 11.8 Å². The molecule has 0 fully saturated rings. The maximum atomic E-state index is 8.95. The molecule has 0 amide bonds. The first-order valence-electron chi connectivity index (χ1n) is 6.55. The first kappa shape index (κ1) is 14.0. The Morgan fingerprint density at radius 2 is 2.00 bits per heavy atom. The summed E-state index contributed by atoms with van der Waals surface area (Å²) in [4.78, 5) is 0. The lowest BCUT2D eigenvalue weighted by molar-refractivity contribution is 0.414. The van der Waals surface area contributed by atoms with Gasteiger partial charge in [-0.05, 0) is 55.3 Å². The van der Waals surface area contributed by atoms with Crippen LogP contribution in [0.5, 0.6) is 5.75 Å². The molecular formula is C17H18N2O. The molecule has 0 aliphatic rings. The minimum atomic E-state index is 0.135. The monoisotopic (exact) mass is 266 g/mol. The van der Waals surface area contributed by atoms with Crippen molar-refractivity contribution in [2.75, 3.05) is 12.4 Å². The van der Waals surface area contributed by atoms with Crippen LogP contribution in [-0.4, -0.2) is 7.11 Å². The second-order valence-electron chi connectivity index (χ2n) is 4.78. The predicted molar refractivity (Wildman–Crippen MR) is 80.9 cm³/mol. The lowest BCUT2D eigenvalue weighted by atomic mass is 10.0. The summed E-state index contributed by atoms with van der Waals surface area (Å²) in [5.41, 5.74) is 3.98. The number of nitriles is 1. The molecule has 3 nitrogen and oxygen atoms in total. The lowest BCUT2D eigenvalue weighted by Crippen LogP contribution is -2.07. The van der Waals surface area contributed by atoms with E-state index < -0.39 is 0 Å². The average Bonchev–Trinajstić information content (AvgIpc) is 2.49. The quantitative estimate of drug-likeness (QED) is 0.908. The number of methoxy groups -OCH3 is 1. The maximum absolute atomic E-state index is 8.95. The second-order valence-corrected chi connectivity index (χ2v) is 4.78. The molecule has 2 aromatic rings. The minimum Gasteiger partial charge on any atom is -0.497 e. The van der Waals surface area contributed by atoms with E-state index in [0.29, 0.717) is 5.56 Å². The van der Waals surface area contributed by atoms with Crippen LogP contribution in [0.1, 0.15) is 29.7 Å². The van der Waals surface area contributed by atoms with E-state index in [2.05, 4.69) is 18.3 Å². The molecule has 102 valence electrons. The van der Waals surface area contributed by atoms with Gasteiger partial charge in [-0.25, -0.2) is 0 Å². The van der Waals surface area contributed by atoms with E-state index in [-0.39, 0.29) is 6.04 Å². The number of hydrogen-bond acceptors (Lipinski definition) is 3. The number of hydrogen-bond donors (Lipinski definition) is 1. The van der Waals surface area contributed by atoms with Gasteiger partial charge in [0.2, 0.25) is 0 Å². The van der Waals surface area contributed by atoms with E-state index in [4.69, 9.17) is 10.00 Å². The number of nitrogens with one attached hydrogen (secondary N) is 1.